The van der Waals surface area contributed by atoms with Gasteiger partial charge in [-0.25, -0.2) is 0 Å². The van der Waals surface area contributed by atoms with E-state index in [9.17, 15) is 0 Å². The van der Waals surface area contributed by atoms with Gasteiger partial charge >= 0.3 is 0 Å². The second-order valence-corrected chi connectivity index (χ2v) is 5.59. The molecule has 26 heavy (non-hydrogen) atoms. The highest BCUT2D eigenvalue weighted by Gasteiger charge is 2.00. The molecular weight excluding hydrogens is 324 g/mol. The molecular formula is C20H14N6. The number of nitrogens with zero attached hydrogens (tertiary/aromatic N) is 6. The molecule has 0 atom stereocenters. The maximum atomic E-state index is 4.01. The number of rotatable bonds is 4. The van der Waals surface area contributed by atoms with E-state index in [2.05, 4.69) is 67.2 Å². The van der Waals surface area contributed by atoms with Gasteiger partial charge in [0.15, 0.2) is 0 Å². The Morgan fingerprint density at radius 2 is 0.923 bits per heavy atom. The van der Waals surface area contributed by atoms with E-state index in [1.54, 1.807) is 12.4 Å². The van der Waals surface area contributed by atoms with Crippen LogP contribution < -0.4 is 0 Å². The Morgan fingerprint density at radius 1 is 0.500 bits per heavy atom. The summed E-state index contributed by atoms with van der Waals surface area (Å²) in [6.07, 6.45) is 7.42. The molecule has 0 aliphatic carbocycles. The van der Waals surface area contributed by atoms with Crippen molar-refractivity contribution in [2.24, 2.45) is 0 Å². The number of aromatic nitrogens is 6. The third-order valence-corrected chi connectivity index (χ3v) is 3.89. The van der Waals surface area contributed by atoms with E-state index in [1.807, 2.05) is 36.4 Å². The third kappa shape index (κ3) is 3.64. The summed E-state index contributed by atoms with van der Waals surface area (Å²) in [5.74, 6) is 0. The summed E-state index contributed by atoms with van der Waals surface area (Å²) < 4.78 is 0. The first-order valence-electron chi connectivity index (χ1n) is 8.06. The van der Waals surface area contributed by atoms with Gasteiger partial charge in [0.2, 0.25) is 0 Å². The second kappa shape index (κ2) is 7.40. The summed E-state index contributed by atoms with van der Waals surface area (Å²) in [6.45, 7) is 0. The van der Waals surface area contributed by atoms with Crippen molar-refractivity contribution in [3.05, 3.63) is 84.2 Å². The van der Waals surface area contributed by atoms with Crippen LogP contribution in [0.4, 0.5) is 0 Å². The van der Waals surface area contributed by atoms with Gasteiger partial charge in [0.25, 0.3) is 0 Å². The number of hydrogen-bond donors (Lipinski definition) is 0. The Morgan fingerprint density at radius 3 is 1.27 bits per heavy atom. The molecule has 0 saturated heterocycles. The Bertz CT molecular complexity index is 913. The largest absolute Gasteiger partial charge is 0.139 e. The van der Waals surface area contributed by atoms with Crippen LogP contribution in [-0.2, 0) is 0 Å². The van der Waals surface area contributed by atoms with Gasteiger partial charge in [-0.3, -0.25) is 0 Å². The van der Waals surface area contributed by atoms with E-state index in [-0.39, 0.29) is 0 Å². The van der Waals surface area contributed by atoms with Gasteiger partial charge in [-0.05, 0) is 33.7 Å². The van der Waals surface area contributed by atoms with Crippen LogP contribution in [0.2, 0.25) is 0 Å². The van der Waals surface area contributed by atoms with Crippen molar-refractivity contribution in [3.63, 3.8) is 0 Å². The highest BCUT2D eigenvalue weighted by molar-refractivity contribution is 5.72. The highest BCUT2D eigenvalue weighted by Crippen LogP contribution is 2.19. The summed E-state index contributed by atoms with van der Waals surface area (Å²) in [5.41, 5.74) is 5.87. The molecule has 0 fully saturated rings. The first-order valence-corrected chi connectivity index (χ1v) is 8.06. The first kappa shape index (κ1) is 15.7. The average molecular weight is 338 g/mol. The monoisotopic (exact) mass is 338 g/mol. The van der Waals surface area contributed by atoms with Gasteiger partial charge in [-0.2, -0.15) is 0 Å². The molecule has 2 heterocycles. The maximum absolute atomic E-state index is 4.01. The normalized spacial score (nSPS) is 10.9. The van der Waals surface area contributed by atoms with E-state index in [0.29, 0.717) is 0 Å². The molecule has 0 saturated carbocycles. The van der Waals surface area contributed by atoms with Gasteiger partial charge in [0, 0.05) is 11.1 Å². The van der Waals surface area contributed by atoms with Crippen molar-refractivity contribution in [1.82, 2.24) is 30.8 Å². The van der Waals surface area contributed by atoms with Crippen LogP contribution in [0, 0.1) is 0 Å². The quantitative estimate of drug-likeness (QED) is 0.530. The average Bonchev–Trinajstić information content (AvgIpc) is 2.74. The minimum atomic E-state index is 0.810. The van der Waals surface area contributed by atoms with Crippen molar-refractivity contribution in [2.45, 2.75) is 0 Å². The van der Waals surface area contributed by atoms with Crippen LogP contribution in [0.15, 0.2) is 73.1 Å². The third-order valence-electron chi connectivity index (χ3n) is 3.89. The van der Waals surface area contributed by atoms with E-state index in [0.717, 1.165) is 33.6 Å². The van der Waals surface area contributed by atoms with E-state index >= 15 is 0 Å². The predicted octanol–water partition coefficient (Wildman–Crippen LogP) is 3.56. The van der Waals surface area contributed by atoms with Crippen LogP contribution in [0.25, 0.3) is 34.7 Å². The number of hydrogen-bond acceptors (Lipinski definition) is 6. The lowest BCUT2D eigenvalue weighted by Crippen LogP contribution is -1.89. The zero-order chi connectivity index (χ0) is 17.6. The van der Waals surface area contributed by atoms with Crippen molar-refractivity contribution in [2.75, 3.05) is 0 Å². The van der Waals surface area contributed by atoms with Crippen molar-refractivity contribution in [1.29, 1.82) is 0 Å². The maximum Gasteiger partial charge on any atom is 0.0963 e. The molecule has 124 valence electrons. The zero-order valence-electron chi connectivity index (χ0n) is 13.8. The molecule has 0 N–H and O–H groups in total. The SMILES string of the molecule is C(=Cc1ccc(-c2ccnnn2)cc1)c1ccc(-c2ccnnn2)cc1. The Hall–Kier alpha value is -3.80. The van der Waals surface area contributed by atoms with Gasteiger partial charge in [0.1, 0.15) is 0 Å². The van der Waals surface area contributed by atoms with Crippen LogP contribution in [0.1, 0.15) is 11.1 Å². The minimum absolute atomic E-state index is 0.810. The highest BCUT2D eigenvalue weighted by atomic mass is 15.3. The molecule has 0 aliphatic rings. The fraction of sp³-hybridized carbons (Fsp3) is 0. The van der Waals surface area contributed by atoms with Crippen molar-refractivity contribution in [3.8, 4) is 22.5 Å². The number of benzene rings is 2. The molecule has 0 amide bonds. The fourth-order valence-electron chi connectivity index (χ4n) is 2.51. The topological polar surface area (TPSA) is 77.3 Å². The molecule has 0 bridgehead atoms. The first-order chi connectivity index (χ1) is 12.9. The molecule has 0 radical (unpaired) electrons. The predicted molar refractivity (Wildman–Crippen MR) is 99.5 cm³/mol. The van der Waals surface area contributed by atoms with E-state index in [4.69, 9.17) is 0 Å². The summed E-state index contributed by atoms with van der Waals surface area (Å²) in [6, 6.07) is 20.0. The van der Waals surface area contributed by atoms with Crippen molar-refractivity contribution < 1.29 is 0 Å². The van der Waals surface area contributed by atoms with Gasteiger partial charge in [-0.15, -0.1) is 20.4 Å². The fourth-order valence-corrected chi connectivity index (χ4v) is 2.51. The Labute approximate surface area is 150 Å². The summed E-state index contributed by atoms with van der Waals surface area (Å²) in [5, 5.41) is 22.7. The molecule has 2 aromatic heterocycles. The molecule has 6 heteroatoms. The summed E-state index contributed by atoms with van der Waals surface area (Å²) in [4.78, 5) is 0. The van der Waals surface area contributed by atoms with E-state index in [1.165, 1.54) is 0 Å². The van der Waals surface area contributed by atoms with Gasteiger partial charge < -0.3 is 0 Å². The van der Waals surface area contributed by atoms with Crippen LogP contribution in [0.3, 0.4) is 0 Å². The van der Waals surface area contributed by atoms with Gasteiger partial charge in [0.05, 0.1) is 23.8 Å². The van der Waals surface area contributed by atoms with Crippen LogP contribution in [-0.4, -0.2) is 30.8 Å². The molecule has 0 spiro atoms. The second-order valence-electron chi connectivity index (χ2n) is 5.59. The summed E-state index contributed by atoms with van der Waals surface area (Å²) in [7, 11) is 0. The van der Waals surface area contributed by atoms with Crippen molar-refractivity contribution >= 4 is 12.2 Å². The lowest BCUT2D eigenvalue weighted by molar-refractivity contribution is 0.870. The minimum Gasteiger partial charge on any atom is -0.139 e. The standard InChI is InChI=1S/C20H14N6/c1(15-3-7-17(8-4-15)19-11-13-21-25-23-19)2-16-5-9-18(10-6-16)20-12-14-22-26-24-20/h1-14H. The molecule has 2 aromatic carbocycles. The molecule has 0 unspecified atom stereocenters. The Kier molecular flexibility index (Phi) is 4.47. The Balaban J connectivity index is 1.48. The zero-order valence-corrected chi connectivity index (χ0v) is 13.8. The van der Waals surface area contributed by atoms with E-state index < -0.39 is 0 Å². The smallest absolute Gasteiger partial charge is 0.0963 e. The summed E-state index contributed by atoms with van der Waals surface area (Å²) >= 11 is 0. The van der Waals surface area contributed by atoms with Crippen LogP contribution >= 0.6 is 0 Å². The molecule has 4 aromatic rings. The van der Waals surface area contributed by atoms with Gasteiger partial charge in [-0.1, -0.05) is 60.7 Å². The van der Waals surface area contributed by atoms with Crippen LogP contribution in [0.5, 0.6) is 0 Å². The lowest BCUT2D eigenvalue weighted by atomic mass is 10.1. The molecule has 6 nitrogen and oxygen atoms in total. The lowest BCUT2D eigenvalue weighted by Gasteiger charge is -2.01. The molecule has 4 rings (SSSR count). The molecule has 0 aliphatic heterocycles.